The Balaban J connectivity index is 1.58. The molecule has 34 heavy (non-hydrogen) atoms. The quantitative estimate of drug-likeness (QED) is 0.428. The maximum Gasteiger partial charge on any atom is 0.279 e. The molecular formula is C21H20N6O6S. The van der Waals surface area contributed by atoms with Gasteiger partial charge in [-0.3, -0.25) is 35.1 Å². The van der Waals surface area contributed by atoms with Crippen LogP contribution in [0.25, 0.3) is 10.2 Å². The van der Waals surface area contributed by atoms with Gasteiger partial charge in [-0.25, -0.2) is 4.98 Å². The summed E-state index contributed by atoms with van der Waals surface area (Å²) in [6.45, 7) is 4.25. The molecule has 0 radical (unpaired) electrons. The zero-order valence-corrected chi connectivity index (χ0v) is 19.1. The van der Waals surface area contributed by atoms with Crippen LogP contribution in [0.1, 0.15) is 26.3 Å². The van der Waals surface area contributed by atoms with Crippen molar-refractivity contribution in [2.45, 2.75) is 6.92 Å². The Labute approximate surface area is 197 Å². The van der Waals surface area contributed by atoms with Crippen LogP contribution in [0.5, 0.6) is 0 Å². The van der Waals surface area contributed by atoms with E-state index in [4.69, 9.17) is 0 Å². The van der Waals surface area contributed by atoms with E-state index in [1.807, 2.05) is 7.05 Å². The molecule has 4 rings (SSSR count). The number of nitrogens with zero attached hydrogens (tertiary/aromatic N) is 5. The lowest BCUT2D eigenvalue weighted by molar-refractivity contribution is -0.394. The van der Waals surface area contributed by atoms with Crippen LogP contribution in [0, 0.1) is 27.2 Å². The molecule has 13 heteroatoms. The minimum atomic E-state index is -0.792. The van der Waals surface area contributed by atoms with Crippen LogP contribution in [0.4, 0.5) is 16.5 Å². The number of nitrogens with one attached hydrogen (secondary N) is 1. The molecule has 2 heterocycles. The minimum Gasteiger partial charge on any atom is -0.336 e. The predicted molar refractivity (Wildman–Crippen MR) is 125 cm³/mol. The number of hydrogen-bond donors (Lipinski definition) is 1. The van der Waals surface area contributed by atoms with Crippen molar-refractivity contribution in [2.75, 3.05) is 38.5 Å². The van der Waals surface area contributed by atoms with Gasteiger partial charge in [-0.15, -0.1) is 0 Å². The molecule has 1 N–H and O–H groups in total. The highest BCUT2D eigenvalue weighted by Gasteiger charge is 2.26. The average molecular weight is 484 g/mol. The number of piperazine rings is 1. The second-order valence-corrected chi connectivity index (χ2v) is 8.93. The van der Waals surface area contributed by atoms with Gasteiger partial charge in [-0.2, -0.15) is 0 Å². The van der Waals surface area contributed by atoms with Crippen molar-refractivity contribution in [1.29, 1.82) is 0 Å². The topological polar surface area (TPSA) is 152 Å². The summed E-state index contributed by atoms with van der Waals surface area (Å²) in [5, 5.41) is 25.2. The van der Waals surface area contributed by atoms with Crippen LogP contribution in [0.2, 0.25) is 0 Å². The van der Waals surface area contributed by atoms with E-state index in [1.54, 1.807) is 23.1 Å². The summed E-state index contributed by atoms with van der Waals surface area (Å²) in [5.41, 5.74) is -0.171. The lowest BCUT2D eigenvalue weighted by atomic mass is 10.0. The molecule has 0 aliphatic carbocycles. The molecular weight excluding hydrogens is 464 g/mol. The van der Waals surface area contributed by atoms with Crippen LogP contribution in [0.15, 0.2) is 30.3 Å². The van der Waals surface area contributed by atoms with Crippen molar-refractivity contribution in [1.82, 2.24) is 14.8 Å². The van der Waals surface area contributed by atoms with Gasteiger partial charge >= 0.3 is 0 Å². The number of thiazole rings is 1. The third-order valence-electron chi connectivity index (χ3n) is 5.66. The van der Waals surface area contributed by atoms with Gasteiger partial charge in [0.05, 0.1) is 31.7 Å². The van der Waals surface area contributed by atoms with Gasteiger partial charge in [0.1, 0.15) is 0 Å². The number of amides is 2. The number of rotatable bonds is 5. The van der Waals surface area contributed by atoms with Gasteiger partial charge in [0.2, 0.25) is 0 Å². The molecule has 1 fully saturated rings. The Morgan fingerprint density at radius 3 is 2.41 bits per heavy atom. The van der Waals surface area contributed by atoms with E-state index < -0.39 is 27.1 Å². The molecule has 176 valence electrons. The number of non-ortho nitro benzene ring substituents is 1. The third kappa shape index (κ3) is 4.56. The molecule has 2 aromatic carbocycles. The fourth-order valence-electron chi connectivity index (χ4n) is 3.68. The van der Waals surface area contributed by atoms with E-state index in [-0.39, 0.29) is 22.2 Å². The van der Waals surface area contributed by atoms with Gasteiger partial charge in [0.15, 0.2) is 5.13 Å². The van der Waals surface area contributed by atoms with E-state index in [1.165, 1.54) is 6.92 Å². The lowest BCUT2D eigenvalue weighted by Gasteiger charge is -2.32. The van der Waals surface area contributed by atoms with Crippen molar-refractivity contribution in [3.63, 3.8) is 0 Å². The largest absolute Gasteiger partial charge is 0.336 e. The number of anilines is 1. The predicted octanol–water partition coefficient (Wildman–Crippen LogP) is 3.06. The maximum absolute atomic E-state index is 12.8. The lowest BCUT2D eigenvalue weighted by Crippen LogP contribution is -2.47. The first-order valence-corrected chi connectivity index (χ1v) is 11.1. The van der Waals surface area contributed by atoms with E-state index in [2.05, 4.69) is 15.2 Å². The van der Waals surface area contributed by atoms with Crippen molar-refractivity contribution in [3.8, 4) is 0 Å². The first-order chi connectivity index (χ1) is 16.1. The number of benzene rings is 2. The van der Waals surface area contributed by atoms with Crippen LogP contribution < -0.4 is 5.32 Å². The highest BCUT2D eigenvalue weighted by atomic mass is 32.1. The highest BCUT2D eigenvalue weighted by Crippen LogP contribution is 2.31. The van der Waals surface area contributed by atoms with Crippen molar-refractivity contribution in [2.24, 2.45) is 0 Å². The maximum atomic E-state index is 12.8. The number of fused-ring (bicyclic) bond motifs is 1. The van der Waals surface area contributed by atoms with Crippen LogP contribution in [-0.4, -0.2) is 69.7 Å². The molecule has 3 aromatic rings. The molecule has 0 spiro atoms. The molecule has 1 aliphatic rings. The minimum absolute atomic E-state index is 0.00858. The smallest absolute Gasteiger partial charge is 0.279 e. The van der Waals surface area contributed by atoms with E-state index >= 15 is 0 Å². The Hall–Kier alpha value is -3.97. The second kappa shape index (κ2) is 9.11. The highest BCUT2D eigenvalue weighted by molar-refractivity contribution is 7.22. The third-order valence-corrected chi connectivity index (χ3v) is 6.60. The molecule has 1 saturated heterocycles. The Morgan fingerprint density at radius 1 is 1.06 bits per heavy atom. The number of carbonyl (C=O) groups is 2. The van der Waals surface area contributed by atoms with Gasteiger partial charge in [0, 0.05) is 43.4 Å². The van der Waals surface area contributed by atoms with Gasteiger partial charge in [-0.1, -0.05) is 11.3 Å². The van der Waals surface area contributed by atoms with Crippen LogP contribution in [-0.2, 0) is 0 Å². The molecule has 2 amide bonds. The van der Waals surface area contributed by atoms with Gasteiger partial charge in [-0.05, 0) is 32.2 Å². The van der Waals surface area contributed by atoms with E-state index in [0.717, 1.165) is 36.6 Å². The zero-order valence-electron chi connectivity index (χ0n) is 18.3. The first-order valence-electron chi connectivity index (χ1n) is 10.3. The number of carbonyl (C=O) groups excluding carboxylic acids is 2. The van der Waals surface area contributed by atoms with Crippen LogP contribution >= 0.6 is 11.3 Å². The molecule has 0 unspecified atom stereocenters. The van der Waals surface area contributed by atoms with E-state index in [9.17, 15) is 29.8 Å². The Morgan fingerprint density at radius 2 is 1.76 bits per heavy atom. The standard InChI is InChI=1S/C21H20N6O6S/c1-12-15(10-14(26(30)31)11-17(12)27(32)33)19(28)23-21-22-16-4-3-13(9-18(16)34-21)20(29)25-7-5-24(2)6-8-25/h3-4,9-11H,5-8H2,1-2H3,(H,22,23,28). The second-order valence-electron chi connectivity index (χ2n) is 7.90. The van der Waals surface area contributed by atoms with Crippen molar-refractivity contribution in [3.05, 3.63) is 67.3 Å². The first kappa shape index (κ1) is 23.2. The Kier molecular flexibility index (Phi) is 6.22. The molecule has 0 saturated carbocycles. The van der Waals surface area contributed by atoms with Gasteiger partial charge in [0.25, 0.3) is 23.2 Å². The number of nitro benzene ring substituents is 2. The summed E-state index contributed by atoms with van der Waals surface area (Å²) in [4.78, 5) is 54.8. The average Bonchev–Trinajstić information content (AvgIpc) is 3.20. The summed E-state index contributed by atoms with van der Waals surface area (Å²) < 4.78 is 0.678. The van der Waals surface area contributed by atoms with E-state index in [0.29, 0.717) is 28.9 Å². The molecule has 1 aliphatic heterocycles. The number of likely N-dealkylation sites (N-methyl/N-ethyl adjacent to an activating group) is 1. The normalized spacial score (nSPS) is 14.2. The summed E-state index contributed by atoms with van der Waals surface area (Å²) in [6.07, 6.45) is 0. The monoisotopic (exact) mass is 484 g/mol. The summed E-state index contributed by atoms with van der Waals surface area (Å²) in [5.74, 6) is -0.828. The number of nitro groups is 2. The molecule has 0 bridgehead atoms. The Bertz CT molecular complexity index is 1330. The molecule has 0 atom stereocenters. The fourth-order valence-corrected chi connectivity index (χ4v) is 4.58. The van der Waals surface area contributed by atoms with Crippen molar-refractivity contribution < 1.29 is 19.4 Å². The summed E-state index contributed by atoms with van der Waals surface area (Å²) in [7, 11) is 2.01. The SMILES string of the molecule is Cc1c(C(=O)Nc2nc3ccc(C(=O)N4CCN(C)CC4)cc3s2)cc([N+](=O)[O-])cc1[N+](=O)[O-]. The van der Waals surface area contributed by atoms with Gasteiger partial charge < -0.3 is 9.80 Å². The molecule has 12 nitrogen and oxygen atoms in total. The summed E-state index contributed by atoms with van der Waals surface area (Å²) in [6, 6.07) is 6.91. The number of aromatic nitrogens is 1. The van der Waals surface area contributed by atoms with Crippen molar-refractivity contribution >= 4 is 49.9 Å². The fraction of sp³-hybridized carbons (Fsp3) is 0.286. The zero-order chi connectivity index (χ0) is 24.6. The summed E-state index contributed by atoms with van der Waals surface area (Å²) >= 11 is 1.14. The number of hydrogen-bond acceptors (Lipinski definition) is 9. The van der Waals surface area contributed by atoms with Crippen LogP contribution in [0.3, 0.4) is 0 Å². The molecule has 1 aromatic heterocycles.